The van der Waals surface area contributed by atoms with E-state index in [1.807, 2.05) is 25.1 Å². The summed E-state index contributed by atoms with van der Waals surface area (Å²) in [7, 11) is 0. The Balaban J connectivity index is 1.88. The molecule has 9 heteroatoms. The molecule has 3 aromatic heterocycles. The number of anilines is 1. The SMILES string of the molecule is Cc1ccc(O)c(C)c1-n1c(N)c(C(N)=O)c2nc3cc(-c4cn[nH]c4)ccc3nc21. The number of primary amides is 1. The molecule has 0 bridgehead atoms. The molecule has 3 heterocycles. The van der Waals surface area contributed by atoms with Crippen LogP contribution in [-0.4, -0.2) is 35.7 Å². The number of carbonyl (C=O) groups excluding carboxylic acids is 1. The number of hydrogen-bond donors (Lipinski definition) is 4. The number of aromatic nitrogens is 5. The van der Waals surface area contributed by atoms with Gasteiger partial charge in [-0.25, -0.2) is 9.97 Å². The van der Waals surface area contributed by atoms with Crippen LogP contribution in [0.1, 0.15) is 21.5 Å². The number of nitrogens with zero attached hydrogens (tertiary/aromatic N) is 4. The first-order valence-electron chi connectivity index (χ1n) is 9.57. The van der Waals surface area contributed by atoms with Gasteiger partial charge in [0.2, 0.25) is 0 Å². The third kappa shape index (κ3) is 2.71. The highest BCUT2D eigenvalue weighted by Gasteiger charge is 2.25. The summed E-state index contributed by atoms with van der Waals surface area (Å²) in [5.41, 5.74) is 18.0. The summed E-state index contributed by atoms with van der Waals surface area (Å²) in [4.78, 5) is 21.8. The Morgan fingerprint density at radius 1 is 1.10 bits per heavy atom. The van der Waals surface area contributed by atoms with Gasteiger partial charge in [0, 0.05) is 17.3 Å². The third-order valence-corrected chi connectivity index (χ3v) is 5.50. The average Bonchev–Trinajstić information content (AvgIpc) is 3.36. The minimum Gasteiger partial charge on any atom is -0.508 e. The molecule has 9 nitrogen and oxygen atoms in total. The summed E-state index contributed by atoms with van der Waals surface area (Å²) >= 11 is 0. The molecular weight excluding hydrogens is 394 g/mol. The van der Waals surface area contributed by atoms with Crippen LogP contribution >= 0.6 is 0 Å². The highest BCUT2D eigenvalue weighted by atomic mass is 16.3. The van der Waals surface area contributed by atoms with Crippen molar-refractivity contribution in [2.45, 2.75) is 13.8 Å². The summed E-state index contributed by atoms with van der Waals surface area (Å²) in [6, 6.07) is 9.03. The lowest BCUT2D eigenvalue weighted by atomic mass is 10.1. The molecule has 0 aliphatic heterocycles. The number of nitrogen functional groups attached to an aromatic ring is 1. The number of nitrogens with one attached hydrogen (secondary N) is 1. The number of phenolic OH excluding ortho intramolecular Hbond substituents is 1. The first-order valence-corrected chi connectivity index (χ1v) is 9.57. The normalized spacial score (nSPS) is 11.4. The number of aryl methyl sites for hydroxylation is 1. The molecule has 0 saturated heterocycles. The van der Waals surface area contributed by atoms with Gasteiger partial charge >= 0.3 is 0 Å². The van der Waals surface area contributed by atoms with Gasteiger partial charge in [0.1, 0.15) is 22.6 Å². The molecule has 0 fully saturated rings. The molecule has 154 valence electrons. The van der Waals surface area contributed by atoms with Crippen molar-refractivity contribution < 1.29 is 9.90 Å². The van der Waals surface area contributed by atoms with Crippen LogP contribution in [0.5, 0.6) is 5.75 Å². The summed E-state index contributed by atoms with van der Waals surface area (Å²) in [6.45, 7) is 3.67. The Kier molecular flexibility index (Phi) is 3.94. The van der Waals surface area contributed by atoms with Crippen molar-refractivity contribution in [3.05, 3.63) is 59.4 Å². The zero-order valence-electron chi connectivity index (χ0n) is 16.8. The molecular formula is C22H19N7O2. The fourth-order valence-electron chi connectivity index (χ4n) is 3.94. The van der Waals surface area contributed by atoms with Gasteiger partial charge in [-0.15, -0.1) is 0 Å². The lowest BCUT2D eigenvalue weighted by Gasteiger charge is -2.15. The number of amides is 1. The molecule has 0 spiro atoms. The lowest BCUT2D eigenvalue weighted by molar-refractivity contribution is 0.100. The maximum absolute atomic E-state index is 12.3. The van der Waals surface area contributed by atoms with E-state index in [1.54, 1.807) is 36.0 Å². The highest BCUT2D eigenvalue weighted by Crippen LogP contribution is 2.36. The molecule has 0 aliphatic rings. The van der Waals surface area contributed by atoms with Gasteiger partial charge in [0.05, 0.1) is 22.9 Å². The Morgan fingerprint density at radius 2 is 1.90 bits per heavy atom. The standard InChI is InChI=1S/C22H19N7O2/c1-10-3-6-16(30)11(2)19(10)29-20(23)17(21(24)31)18-22(29)28-14-5-4-12(7-15(14)27-18)13-8-25-26-9-13/h3-9,30H,23H2,1-2H3,(H2,24,31)(H,25,26). The average molecular weight is 413 g/mol. The number of phenols is 1. The number of hydrogen-bond acceptors (Lipinski definition) is 6. The molecule has 0 saturated carbocycles. The number of aromatic hydroxyl groups is 1. The van der Waals surface area contributed by atoms with Crippen LogP contribution < -0.4 is 11.5 Å². The second-order valence-electron chi connectivity index (χ2n) is 7.42. The van der Waals surface area contributed by atoms with E-state index in [9.17, 15) is 9.90 Å². The number of fused-ring (bicyclic) bond motifs is 2. The zero-order chi connectivity index (χ0) is 21.9. The number of rotatable bonds is 3. The van der Waals surface area contributed by atoms with E-state index in [0.29, 0.717) is 33.4 Å². The zero-order valence-corrected chi connectivity index (χ0v) is 16.8. The Bertz CT molecular complexity index is 1500. The van der Waals surface area contributed by atoms with E-state index in [2.05, 4.69) is 10.2 Å². The summed E-state index contributed by atoms with van der Waals surface area (Å²) in [5, 5.41) is 17.0. The molecule has 0 radical (unpaired) electrons. The molecule has 0 aliphatic carbocycles. The van der Waals surface area contributed by atoms with Crippen LogP contribution in [0.2, 0.25) is 0 Å². The van der Waals surface area contributed by atoms with Gasteiger partial charge in [-0.3, -0.25) is 14.5 Å². The van der Waals surface area contributed by atoms with Gasteiger partial charge in [0.15, 0.2) is 5.65 Å². The maximum Gasteiger partial charge on any atom is 0.254 e. The molecule has 0 atom stereocenters. The van der Waals surface area contributed by atoms with Gasteiger partial charge in [-0.05, 0) is 43.2 Å². The minimum absolute atomic E-state index is 0.0975. The summed E-state index contributed by atoms with van der Waals surface area (Å²) in [5.74, 6) is -0.456. The summed E-state index contributed by atoms with van der Waals surface area (Å²) < 4.78 is 1.64. The molecule has 2 aromatic carbocycles. The van der Waals surface area contributed by atoms with E-state index in [-0.39, 0.29) is 17.1 Å². The van der Waals surface area contributed by atoms with Gasteiger partial charge in [0.25, 0.3) is 5.91 Å². The van der Waals surface area contributed by atoms with Crippen molar-refractivity contribution in [2.24, 2.45) is 5.73 Å². The molecule has 0 unspecified atom stereocenters. The smallest absolute Gasteiger partial charge is 0.254 e. The van der Waals surface area contributed by atoms with Crippen LogP contribution in [0.3, 0.4) is 0 Å². The number of carbonyl (C=O) groups is 1. The van der Waals surface area contributed by atoms with Gasteiger partial charge in [-0.2, -0.15) is 5.10 Å². The minimum atomic E-state index is -0.698. The van der Waals surface area contributed by atoms with Crippen molar-refractivity contribution in [1.82, 2.24) is 24.7 Å². The first-order chi connectivity index (χ1) is 14.9. The maximum atomic E-state index is 12.3. The second kappa shape index (κ2) is 6.56. The van der Waals surface area contributed by atoms with Crippen LogP contribution in [-0.2, 0) is 0 Å². The topological polar surface area (TPSA) is 149 Å². The quantitative estimate of drug-likeness (QED) is 0.357. The van der Waals surface area contributed by atoms with E-state index < -0.39 is 5.91 Å². The fraction of sp³-hybridized carbons (Fsp3) is 0.0909. The van der Waals surface area contributed by atoms with Crippen molar-refractivity contribution in [1.29, 1.82) is 0 Å². The van der Waals surface area contributed by atoms with E-state index >= 15 is 0 Å². The van der Waals surface area contributed by atoms with Gasteiger partial charge in [-0.1, -0.05) is 12.1 Å². The van der Waals surface area contributed by atoms with Crippen molar-refractivity contribution in [2.75, 3.05) is 5.73 Å². The monoisotopic (exact) mass is 413 g/mol. The van der Waals surface area contributed by atoms with E-state index in [0.717, 1.165) is 16.7 Å². The number of nitrogens with two attached hydrogens (primary N) is 2. The Morgan fingerprint density at radius 3 is 2.61 bits per heavy atom. The largest absolute Gasteiger partial charge is 0.508 e. The molecule has 1 amide bonds. The molecule has 5 aromatic rings. The van der Waals surface area contributed by atoms with E-state index in [4.69, 9.17) is 21.4 Å². The van der Waals surface area contributed by atoms with E-state index in [1.165, 1.54) is 0 Å². The number of aromatic amines is 1. The number of H-pyrrole nitrogens is 1. The predicted molar refractivity (Wildman–Crippen MR) is 118 cm³/mol. The Hall–Kier alpha value is -4.40. The Labute approximate surface area is 176 Å². The van der Waals surface area contributed by atoms with Crippen LogP contribution in [0.25, 0.3) is 39.0 Å². The lowest BCUT2D eigenvalue weighted by Crippen LogP contribution is -2.14. The molecule has 31 heavy (non-hydrogen) atoms. The predicted octanol–water partition coefficient (Wildman–Crippen LogP) is 2.97. The number of benzene rings is 2. The van der Waals surface area contributed by atoms with Crippen LogP contribution in [0.15, 0.2) is 42.7 Å². The first kappa shape index (κ1) is 18.6. The molecule has 6 N–H and O–H groups in total. The van der Waals surface area contributed by atoms with Gasteiger partial charge < -0.3 is 16.6 Å². The highest BCUT2D eigenvalue weighted by molar-refractivity contribution is 6.10. The van der Waals surface area contributed by atoms with Crippen molar-refractivity contribution >= 4 is 33.9 Å². The van der Waals surface area contributed by atoms with Crippen LogP contribution in [0.4, 0.5) is 5.82 Å². The second-order valence-corrected chi connectivity index (χ2v) is 7.42. The van der Waals surface area contributed by atoms with Crippen molar-refractivity contribution in [3.8, 4) is 22.6 Å². The fourth-order valence-corrected chi connectivity index (χ4v) is 3.94. The molecule has 5 rings (SSSR count). The third-order valence-electron chi connectivity index (χ3n) is 5.50. The summed E-state index contributed by atoms with van der Waals surface area (Å²) in [6.07, 6.45) is 3.49. The van der Waals surface area contributed by atoms with Crippen LogP contribution in [0, 0.1) is 13.8 Å². The van der Waals surface area contributed by atoms with Crippen molar-refractivity contribution in [3.63, 3.8) is 0 Å².